The molecule has 0 fully saturated rings. The van der Waals surface area contributed by atoms with Gasteiger partial charge in [-0.1, -0.05) is 19.1 Å². The second-order valence-electron chi connectivity index (χ2n) is 4.37. The molecule has 0 aliphatic rings. The number of hydrogen-bond acceptors (Lipinski definition) is 5. The first-order chi connectivity index (χ1) is 10.4. The number of carboxylic acid groups (broad SMARTS) is 2. The summed E-state index contributed by atoms with van der Waals surface area (Å²) in [5.41, 5.74) is 0. The van der Waals surface area contributed by atoms with Gasteiger partial charge in [-0.25, -0.2) is 9.59 Å². The largest absolute Gasteiger partial charge is 0.493 e. The van der Waals surface area contributed by atoms with Crippen LogP contribution in [0, 0.1) is 0 Å². The van der Waals surface area contributed by atoms with Crippen molar-refractivity contribution in [3.63, 3.8) is 0 Å². The maximum Gasteiger partial charge on any atom is 0.414 e. The molecule has 7 heteroatoms. The zero-order valence-corrected chi connectivity index (χ0v) is 13.0. The molecule has 0 aliphatic carbocycles. The molecule has 1 aromatic rings. The van der Waals surface area contributed by atoms with Crippen LogP contribution in [0.3, 0.4) is 0 Å². The van der Waals surface area contributed by atoms with E-state index in [1.807, 2.05) is 24.3 Å². The molecule has 1 rings (SSSR count). The average Bonchev–Trinajstić information content (AvgIpc) is 2.52. The summed E-state index contributed by atoms with van der Waals surface area (Å²) in [5, 5.41) is 18.2. The fraction of sp³-hybridized carbons (Fsp3) is 0.467. The molecule has 0 aliphatic heterocycles. The summed E-state index contributed by atoms with van der Waals surface area (Å²) < 4.78 is 10.8. The lowest BCUT2D eigenvalue weighted by atomic mass is 10.3. The van der Waals surface area contributed by atoms with E-state index in [0.29, 0.717) is 12.6 Å². The van der Waals surface area contributed by atoms with E-state index < -0.39 is 11.9 Å². The first kappa shape index (κ1) is 19.7. The van der Waals surface area contributed by atoms with Gasteiger partial charge in [-0.2, -0.15) is 0 Å². The van der Waals surface area contributed by atoms with Crippen molar-refractivity contribution in [3.05, 3.63) is 24.3 Å². The lowest BCUT2D eigenvalue weighted by Gasteiger charge is -2.13. The quantitative estimate of drug-likeness (QED) is 0.519. The lowest BCUT2D eigenvalue weighted by Crippen LogP contribution is -2.29. The van der Waals surface area contributed by atoms with Crippen LogP contribution in [0.1, 0.15) is 20.3 Å². The average molecular weight is 313 g/mol. The van der Waals surface area contributed by atoms with Crippen molar-refractivity contribution >= 4 is 11.9 Å². The van der Waals surface area contributed by atoms with Crippen molar-refractivity contribution < 1.29 is 29.3 Å². The van der Waals surface area contributed by atoms with Gasteiger partial charge in [0.15, 0.2) is 11.5 Å². The number of carbonyl (C=O) groups is 2. The Bertz CT molecular complexity index is 451. The smallest absolute Gasteiger partial charge is 0.414 e. The summed E-state index contributed by atoms with van der Waals surface area (Å²) in [6.45, 7) is 5.85. The van der Waals surface area contributed by atoms with E-state index in [4.69, 9.17) is 29.3 Å². The highest BCUT2D eigenvalue weighted by Crippen LogP contribution is 2.25. The standard InChI is InChI=1S/C13H21NO2.C2H2O4/c1-4-11(2)14-9-10-16-13-8-6-5-7-12(13)15-3;3-1(4)2(5)6/h5-8,11,14H,4,9-10H2,1-3H3;(H,3,4)(H,5,6). The van der Waals surface area contributed by atoms with Gasteiger partial charge in [0, 0.05) is 12.6 Å². The van der Waals surface area contributed by atoms with E-state index in [2.05, 4.69) is 19.2 Å². The maximum atomic E-state index is 9.10. The molecule has 0 bridgehead atoms. The van der Waals surface area contributed by atoms with Crippen molar-refractivity contribution in [1.82, 2.24) is 5.32 Å². The molecule has 1 aromatic carbocycles. The monoisotopic (exact) mass is 313 g/mol. The van der Waals surface area contributed by atoms with Gasteiger partial charge in [0.05, 0.1) is 7.11 Å². The second-order valence-corrected chi connectivity index (χ2v) is 4.37. The van der Waals surface area contributed by atoms with Gasteiger partial charge < -0.3 is 25.0 Å². The Hall–Kier alpha value is -2.28. The van der Waals surface area contributed by atoms with Crippen molar-refractivity contribution in [2.75, 3.05) is 20.3 Å². The SMILES string of the molecule is CCC(C)NCCOc1ccccc1OC.O=C(O)C(=O)O. The number of methoxy groups -OCH3 is 1. The number of carboxylic acids is 2. The Morgan fingerprint density at radius 2 is 1.73 bits per heavy atom. The first-order valence-electron chi connectivity index (χ1n) is 6.87. The van der Waals surface area contributed by atoms with E-state index >= 15 is 0 Å². The number of ether oxygens (including phenoxy) is 2. The van der Waals surface area contributed by atoms with Crippen LogP contribution in [0.4, 0.5) is 0 Å². The molecular formula is C15H23NO6. The zero-order valence-electron chi connectivity index (χ0n) is 13.0. The zero-order chi connectivity index (χ0) is 17.0. The summed E-state index contributed by atoms with van der Waals surface area (Å²) in [6, 6.07) is 8.24. The van der Waals surface area contributed by atoms with Crippen LogP contribution in [0.25, 0.3) is 0 Å². The summed E-state index contributed by atoms with van der Waals surface area (Å²) >= 11 is 0. The number of aliphatic carboxylic acids is 2. The Morgan fingerprint density at radius 1 is 1.18 bits per heavy atom. The molecule has 22 heavy (non-hydrogen) atoms. The van der Waals surface area contributed by atoms with Gasteiger partial charge in [0.1, 0.15) is 6.61 Å². The minimum atomic E-state index is -1.82. The minimum Gasteiger partial charge on any atom is -0.493 e. The highest BCUT2D eigenvalue weighted by molar-refractivity contribution is 6.27. The Labute approximate surface area is 129 Å². The second kappa shape index (κ2) is 11.4. The Kier molecular flexibility index (Phi) is 10.2. The van der Waals surface area contributed by atoms with Gasteiger partial charge in [-0.3, -0.25) is 0 Å². The van der Waals surface area contributed by atoms with Gasteiger partial charge in [0.2, 0.25) is 0 Å². The van der Waals surface area contributed by atoms with Crippen molar-refractivity contribution in [1.29, 1.82) is 0 Å². The fourth-order valence-corrected chi connectivity index (χ4v) is 1.35. The summed E-state index contributed by atoms with van der Waals surface area (Å²) in [7, 11) is 1.65. The molecule has 0 radical (unpaired) electrons. The predicted molar refractivity (Wildman–Crippen MR) is 81.5 cm³/mol. The first-order valence-corrected chi connectivity index (χ1v) is 6.87. The topological polar surface area (TPSA) is 105 Å². The molecule has 1 unspecified atom stereocenters. The van der Waals surface area contributed by atoms with Crippen LogP contribution >= 0.6 is 0 Å². The molecule has 0 amide bonds. The van der Waals surface area contributed by atoms with Gasteiger partial charge in [-0.15, -0.1) is 0 Å². The molecule has 1 atom stereocenters. The third kappa shape index (κ3) is 8.80. The number of rotatable bonds is 7. The van der Waals surface area contributed by atoms with E-state index in [0.717, 1.165) is 24.5 Å². The molecule has 7 nitrogen and oxygen atoms in total. The van der Waals surface area contributed by atoms with Gasteiger partial charge in [0.25, 0.3) is 0 Å². The van der Waals surface area contributed by atoms with Crippen LogP contribution in [0.15, 0.2) is 24.3 Å². The van der Waals surface area contributed by atoms with Crippen molar-refractivity contribution in [2.24, 2.45) is 0 Å². The molecule has 124 valence electrons. The molecule has 3 N–H and O–H groups in total. The van der Waals surface area contributed by atoms with Crippen LogP contribution in [-0.4, -0.2) is 48.5 Å². The highest BCUT2D eigenvalue weighted by Gasteiger charge is 2.04. The maximum absolute atomic E-state index is 9.10. The number of hydrogen-bond donors (Lipinski definition) is 3. The molecule has 0 saturated carbocycles. The van der Waals surface area contributed by atoms with Gasteiger partial charge in [-0.05, 0) is 25.5 Å². The normalized spacial score (nSPS) is 10.9. The Balaban J connectivity index is 0.000000626. The van der Waals surface area contributed by atoms with Gasteiger partial charge >= 0.3 is 11.9 Å². The van der Waals surface area contributed by atoms with E-state index in [1.54, 1.807) is 7.11 Å². The summed E-state index contributed by atoms with van der Waals surface area (Å²) in [5.74, 6) is -2.06. The minimum absolute atomic E-state index is 0.543. The molecule has 0 saturated heterocycles. The van der Waals surface area contributed by atoms with Crippen LogP contribution in [0.2, 0.25) is 0 Å². The lowest BCUT2D eigenvalue weighted by molar-refractivity contribution is -0.159. The number of nitrogens with one attached hydrogen (secondary N) is 1. The van der Waals surface area contributed by atoms with Crippen molar-refractivity contribution in [2.45, 2.75) is 26.3 Å². The molecular weight excluding hydrogens is 290 g/mol. The van der Waals surface area contributed by atoms with E-state index in [9.17, 15) is 0 Å². The highest BCUT2D eigenvalue weighted by atomic mass is 16.5. The van der Waals surface area contributed by atoms with Crippen LogP contribution in [0.5, 0.6) is 11.5 Å². The van der Waals surface area contributed by atoms with Crippen LogP contribution in [-0.2, 0) is 9.59 Å². The van der Waals surface area contributed by atoms with E-state index in [-0.39, 0.29) is 0 Å². The number of benzene rings is 1. The Morgan fingerprint density at radius 3 is 2.18 bits per heavy atom. The third-order valence-corrected chi connectivity index (χ3v) is 2.72. The fourth-order valence-electron chi connectivity index (χ4n) is 1.35. The third-order valence-electron chi connectivity index (χ3n) is 2.72. The predicted octanol–water partition coefficient (Wildman–Crippen LogP) is 1.62. The van der Waals surface area contributed by atoms with Crippen molar-refractivity contribution in [3.8, 4) is 11.5 Å². The molecule has 0 heterocycles. The molecule has 0 aromatic heterocycles. The number of para-hydroxylation sites is 2. The van der Waals surface area contributed by atoms with E-state index in [1.165, 1.54) is 0 Å². The summed E-state index contributed by atoms with van der Waals surface area (Å²) in [4.78, 5) is 18.2. The molecule has 0 spiro atoms. The van der Waals surface area contributed by atoms with Crippen LogP contribution < -0.4 is 14.8 Å². The summed E-state index contributed by atoms with van der Waals surface area (Å²) in [6.07, 6.45) is 1.13.